The van der Waals surface area contributed by atoms with Gasteiger partial charge < -0.3 is 38.7 Å². The first-order chi connectivity index (χ1) is 23.3. The Morgan fingerprint density at radius 2 is 0.958 bits per heavy atom. The van der Waals surface area contributed by atoms with Crippen molar-refractivity contribution in [1.29, 1.82) is 0 Å². The molecule has 258 valence electrons. The van der Waals surface area contributed by atoms with E-state index in [1.54, 1.807) is 0 Å². The number of hydrogen-bond donors (Lipinski definition) is 2. The Kier molecular flexibility index (Phi) is 12.6. The molecule has 2 aromatic heterocycles. The SMILES string of the molecule is CCCCOc1cc(-c2nc3cc(OCCCN(C)C)ccc3[nH]2)c(OCCCC)cc1-c1nc2cc(OCCCN(C)C)ccc2[nH]1. The Labute approximate surface area is 284 Å². The zero-order valence-electron chi connectivity index (χ0n) is 29.5. The maximum absolute atomic E-state index is 6.43. The van der Waals surface area contributed by atoms with Crippen LogP contribution in [0.15, 0.2) is 48.5 Å². The first-order valence-electron chi connectivity index (χ1n) is 17.3. The molecule has 0 saturated carbocycles. The van der Waals surface area contributed by atoms with E-state index in [9.17, 15) is 0 Å². The number of aromatic nitrogens is 4. The first-order valence-corrected chi connectivity index (χ1v) is 17.3. The summed E-state index contributed by atoms with van der Waals surface area (Å²) in [6.07, 6.45) is 5.87. The van der Waals surface area contributed by atoms with E-state index in [2.05, 4.69) is 61.8 Å². The van der Waals surface area contributed by atoms with Crippen LogP contribution >= 0.6 is 0 Å². The van der Waals surface area contributed by atoms with Gasteiger partial charge in [0.1, 0.15) is 34.6 Å². The van der Waals surface area contributed by atoms with E-state index < -0.39 is 0 Å². The summed E-state index contributed by atoms with van der Waals surface area (Å²) in [5.74, 6) is 4.51. The van der Waals surface area contributed by atoms with Crippen molar-refractivity contribution in [1.82, 2.24) is 29.7 Å². The number of imidazole rings is 2. The monoisotopic (exact) mass is 656 g/mol. The molecule has 0 unspecified atom stereocenters. The van der Waals surface area contributed by atoms with Gasteiger partial charge in [-0.3, -0.25) is 0 Å². The Morgan fingerprint density at radius 1 is 0.542 bits per heavy atom. The Morgan fingerprint density at radius 3 is 1.35 bits per heavy atom. The third-order valence-corrected chi connectivity index (χ3v) is 8.05. The molecule has 0 atom stereocenters. The predicted octanol–water partition coefficient (Wildman–Crippen LogP) is 7.79. The van der Waals surface area contributed by atoms with Crippen LogP contribution in [0.2, 0.25) is 0 Å². The summed E-state index contributed by atoms with van der Waals surface area (Å²) in [4.78, 5) is 21.3. The Balaban J connectivity index is 1.48. The molecule has 3 aromatic carbocycles. The third kappa shape index (κ3) is 9.41. The van der Waals surface area contributed by atoms with Crippen molar-refractivity contribution in [2.75, 3.05) is 67.7 Å². The lowest BCUT2D eigenvalue weighted by Gasteiger charge is -2.16. The molecule has 0 radical (unpaired) electrons. The van der Waals surface area contributed by atoms with E-state index in [0.29, 0.717) is 38.1 Å². The number of benzene rings is 3. The molecule has 0 saturated heterocycles. The van der Waals surface area contributed by atoms with Crippen molar-refractivity contribution in [2.24, 2.45) is 0 Å². The van der Waals surface area contributed by atoms with Gasteiger partial charge in [-0.15, -0.1) is 0 Å². The summed E-state index contributed by atoms with van der Waals surface area (Å²) < 4.78 is 24.9. The fraction of sp³-hybridized carbons (Fsp3) is 0.474. The third-order valence-electron chi connectivity index (χ3n) is 8.05. The quantitative estimate of drug-likeness (QED) is 0.0819. The molecule has 10 heteroatoms. The summed E-state index contributed by atoms with van der Waals surface area (Å²) in [7, 11) is 8.28. The van der Waals surface area contributed by atoms with E-state index in [0.717, 1.165) is 108 Å². The van der Waals surface area contributed by atoms with Crippen LogP contribution in [0.5, 0.6) is 23.0 Å². The van der Waals surface area contributed by atoms with Crippen LogP contribution in [0.3, 0.4) is 0 Å². The van der Waals surface area contributed by atoms with E-state index >= 15 is 0 Å². The fourth-order valence-electron chi connectivity index (χ4n) is 5.37. The number of ether oxygens (including phenoxy) is 4. The van der Waals surface area contributed by atoms with Crippen molar-refractivity contribution in [3.63, 3.8) is 0 Å². The molecular weight excluding hydrogens is 604 g/mol. The molecule has 5 rings (SSSR count). The number of rotatable bonds is 20. The van der Waals surface area contributed by atoms with E-state index in [1.807, 2.05) is 48.5 Å². The number of nitrogens with one attached hydrogen (secondary N) is 2. The number of aromatic amines is 2. The summed E-state index contributed by atoms with van der Waals surface area (Å²) in [5.41, 5.74) is 5.22. The van der Waals surface area contributed by atoms with Crippen molar-refractivity contribution in [2.45, 2.75) is 52.4 Å². The second kappa shape index (κ2) is 17.2. The minimum absolute atomic E-state index is 0.596. The van der Waals surface area contributed by atoms with Crippen LogP contribution in [0, 0.1) is 0 Å². The van der Waals surface area contributed by atoms with Gasteiger partial charge in [0.25, 0.3) is 0 Å². The molecule has 0 aliphatic heterocycles. The molecule has 0 aliphatic rings. The van der Waals surface area contributed by atoms with E-state index in [-0.39, 0.29) is 0 Å². The van der Waals surface area contributed by atoms with Gasteiger partial charge in [-0.25, -0.2) is 9.97 Å². The molecule has 0 amide bonds. The summed E-state index contributed by atoms with van der Waals surface area (Å²) in [5, 5.41) is 0. The molecule has 0 spiro atoms. The molecule has 5 aromatic rings. The average molecular weight is 657 g/mol. The zero-order valence-corrected chi connectivity index (χ0v) is 29.5. The predicted molar refractivity (Wildman–Crippen MR) is 195 cm³/mol. The number of unbranched alkanes of at least 4 members (excludes halogenated alkanes) is 2. The fourth-order valence-corrected chi connectivity index (χ4v) is 5.37. The van der Waals surface area contributed by atoms with Crippen LogP contribution in [0.25, 0.3) is 44.8 Å². The molecule has 0 bridgehead atoms. The topological polar surface area (TPSA) is 101 Å². The minimum Gasteiger partial charge on any atom is -0.493 e. The highest BCUT2D eigenvalue weighted by molar-refractivity contribution is 5.86. The number of H-pyrrole nitrogens is 2. The maximum Gasteiger partial charge on any atom is 0.142 e. The van der Waals surface area contributed by atoms with Crippen molar-refractivity contribution < 1.29 is 18.9 Å². The van der Waals surface area contributed by atoms with Gasteiger partial charge >= 0.3 is 0 Å². The lowest BCUT2D eigenvalue weighted by Crippen LogP contribution is -2.15. The highest BCUT2D eigenvalue weighted by atomic mass is 16.5. The number of hydrogen-bond acceptors (Lipinski definition) is 8. The van der Waals surface area contributed by atoms with Gasteiger partial charge in [0, 0.05) is 25.2 Å². The van der Waals surface area contributed by atoms with Gasteiger partial charge in [0.15, 0.2) is 0 Å². The Hall–Kier alpha value is -4.28. The summed E-state index contributed by atoms with van der Waals surface area (Å²) >= 11 is 0. The molecule has 2 N–H and O–H groups in total. The summed E-state index contributed by atoms with van der Waals surface area (Å²) in [6, 6.07) is 16.1. The molecule has 0 aliphatic carbocycles. The number of nitrogens with zero attached hydrogens (tertiary/aromatic N) is 4. The normalized spacial score (nSPS) is 11.7. The van der Waals surface area contributed by atoms with Crippen molar-refractivity contribution in [3.8, 4) is 45.8 Å². The highest BCUT2D eigenvalue weighted by Crippen LogP contribution is 2.41. The zero-order chi connectivity index (χ0) is 33.9. The molecular formula is C38H52N6O4. The van der Waals surface area contributed by atoms with Crippen molar-refractivity contribution in [3.05, 3.63) is 48.5 Å². The van der Waals surface area contributed by atoms with Gasteiger partial charge in [-0.2, -0.15) is 0 Å². The van der Waals surface area contributed by atoms with Gasteiger partial charge in [-0.05, 0) is 90.3 Å². The largest absolute Gasteiger partial charge is 0.493 e. The average Bonchev–Trinajstić information content (AvgIpc) is 3.69. The van der Waals surface area contributed by atoms with Gasteiger partial charge in [0.05, 0.1) is 59.6 Å². The van der Waals surface area contributed by atoms with Gasteiger partial charge in [-0.1, -0.05) is 26.7 Å². The second-order valence-corrected chi connectivity index (χ2v) is 12.8. The van der Waals surface area contributed by atoms with Crippen molar-refractivity contribution >= 4 is 22.1 Å². The smallest absolute Gasteiger partial charge is 0.142 e. The lowest BCUT2D eigenvalue weighted by molar-refractivity contribution is 0.282. The molecule has 48 heavy (non-hydrogen) atoms. The first kappa shape index (κ1) is 35.0. The van der Waals surface area contributed by atoms with Gasteiger partial charge in [0.2, 0.25) is 0 Å². The van der Waals surface area contributed by atoms with Crippen LogP contribution in [0.1, 0.15) is 52.4 Å². The van der Waals surface area contributed by atoms with Crippen LogP contribution in [-0.2, 0) is 0 Å². The Bertz CT molecular complexity index is 1620. The minimum atomic E-state index is 0.596. The maximum atomic E-state index is 6.43. The standard InChI is InChI=1S/C38H52N6O4/c1-7-9-19-47-35-25-30(38-40-32-16-14-28(24-34(32)42-38)46-22-12-18-44(5)6)36(48-20-10-8-2)26-29(35)37-39-31-15-13-27(23-33(31)41-37)45-21-11-17-43(3)4/h13-16,23-26H,7-12,17-22H2,1-6H3,(H,39,41)(H,40,42). The van der Waals surface area contributed by atoms with E-state index in [4.69, 9.17) is 28.9 Å². The van der Waals surface area contributed by atoms with Crippen LogP contribution in [0.4, 0.5) is 0 Å². The molecule has 0 fully saturated rings. The van der Waals surface area contributed by atoms with Crippen LogP contribution < -0.4 is 18.9 Å². The number of fused-ring (bicyclic) bond motifs is 2. The van der Waals surface area contributed by atoms with Crippen LogP contribution in [-0.4, -0.2) is 97.4 Å². The highest BCUT2D eigenvalue weighted by Gasteiger charge is 2.20. The lowest BCUT2D eigenvalue weighted by atomic mass is 10.1. The molecule has 10 nitrogen and oxygen atoms in total. The van der Waals surface area contributed by atoms with E-state index in [1.165, 1.54) is 0 Å². The molecule has 2 heterocycles. The second-order valence-electron chi connectivity index (χ2n) is 12.8. The summed E-state index contributed by atoms with van der Waals surface area (Å²) in [6.45, 7) is 8.79.